The summed E-state index contributed by atoms with van der Waals surface area (Å²) in [5, 5.41) is 0. The number of likely N-dealkylation sites (N-methyl/N-ethyl adjacent to an activating group) is 1. The van der Waals surface area contributed by atoms with Crippen LogP contribution in [0.4, 0.5) is 5.95 Å². The van der Waals surface area contributed by atoms with Crippen molar-refractivity contribution in [3.8, 4) is 0 Å². The molecule has 1 aromatic heterocycles. The van der Waals surface area contributed by atoms with Gasteiger partial charge in [0.15, 0.2) is 0 Å². The molecule has 6 nitrogen and oxygen atoms in total. The minimum absolute atomic E-state index is 0.0365. The molecule has 2 saturated heterocycles. The zero-order chi connectivity index (χ0) is 16.2. The average molecular weight is 317 g/mol. The summed E-state index contributed by atoms with van der Waals surface area (Å²) in [7, 11) is 0. The SMILES string of the molecule is CCN1CCN(C(=O)c2ccnc(N3CCCC(C)C3)n2)CC1. The van der Waals surface area contributed by atoms with Gasteiger partial charge in [0, 0.05) is 45.5 Å². The number of hydrogen-bond donors (Lipinski definition) is 0. The van der Waals surface area contributed by atoms with E-state index in [1.165, 1.54) is 12.8 Å². The Kier molecular flexibility index (Phi) is 5.10. The van der Waals surface area contributed by atoms with Crippen molar-refractivity contribution >= 4 is 11.9 Å². The van der Waals surface area contributed by atoms with Crippen molar-refractivity contribution in [1.29, 1.82) is 0 Å². The van der Waals surface area contributed by atoms with Crippen LogP contribution in [0, 0.1) is 5.92 Å². The molecule has 0 aliphatic carbocycles. The Hall–Kier alpha value is -1.69. The van der Waals surface area contributed by atoms with Crippen LogP contribution in [0.3, 0.4) is 0 Å². The number of hydrogen-bond acceptors (Lipinski definition) is 5. The first-order valence-corrected chi connectivity index (χ1v) is 8.77. The number of piperidine rings is 1. The lowest BCUT2D eigenvalue weighted by Crippen LogP contribution is -2.48. The van der Waals surface area contributed by atoms with Crippen molar-refractivity contribution in [1.82, 2.24) is 19.8 Å². The number of nitrogens with zero attached hydrogens (tertiary/aromatic N) is 5. The van der Waals surface area contributed by atoms with Crippen molar-refractivity contribution in [2.45, 2.75) is 26.7 Å². The van der Waals surface area contributed by atoms with E-state index in [0.29, 0.717) is 17.6 Å². The highest BCUT2D eigenvalue weighted by atomic mass is 16.2. The van der Waals surface area contributed by atoms with Crippen molar-refractivity contribution < 1.29 is 4.79 Å². The van der Waals surface area contributed by atoms with Crippen LogP contribution in [0.25, 0.3) is 0 Å². The molecule has 2 aliphatic heterocycles. The van der Waals surface area contributed by atoms with Gasteiger partial charge in [0.1, 0.15) is 5.69 Å². The van der Waals surface area contributed by atoms with Gasteiger partial charge in [-0.2, -0.15) is 0 Å². The third-order valence-corrected chi connectivity index (χ3v) is 4.91. The zero-order valence-electron chi connectivity index (χ0n) is 14.2. The van der Waals surface area contributed by atoms with E-state index in [9.17, 15) is 4.79 Å². The summed E-state index contributed by atoms with van der Waals surface area (Å²) in [6.07, 6.45) is 4.15. The summed E-state index contributed by atoms with van der Waals surface area (Å²) in [5.74, 6) is 1.40. The average Bonchev–Trinajstić information content (AvgIpc) is 2.61. The molecule has 1 aromatic rings. The molecule has 2 fully saturated rings. The Labute approximate surface area is 138 Å². The number of amides is 1. The molecule has 0 radical (unpaired) electrons. The highest BCUT2D eigenvalue weighted by Gasteiger charge is 2.24. The van der Waals surface area contributed by atoms with E-state index >= 15 is 0 Å². The van der Waals surface area contributed by atoms with Gasteiger partial charge in [-0.1, -0.05) is 13.8 Å². The van der Waals surface area contributed by atoms with E-state index in [-0.39, 0.29) is 5.91 Å². The maximum absolute atomic E-state index is 12.7. The van der Waals surface area contributed by atoms with Crippen molar-refractivity contribution in [2.75, 3.05) is 50.7 Å². The quantitative estimate of drug-likeness (QED) is 0.845. The number of carbonyl (C=O) groups excluding carboxylic acids is 1. The molecule has 0 saturated carbocycles. The Morgan fingerprint density at radius 1 is 1.26 bits per heavy atom. The van der Waals surface area contributed by atoms with Gasteiger partial charge >= 0.3 is 0 Å². The lowest BCUT2D eigenvalue weighted by molar-refractivity contribution is 0.0637. The standard InChI is InChI=1S/C17H27N5O/c1-3-20-9-11-21(12-10-20)16(23)15-6-7-18-17(19-15)22-8-4-5-14(2)13-22/h6-7,14H,3-5,8-13H2,1-2H3. The largest absolute Gasteiger partial charge is 0.341 e. The minimum atomic E-state index is 0.0365. The molecular formula is C17H27N5O. The predicted octanol–water partition coefficient (Wildman–Crippen LogP) is 1.49. The minimum Gasteiger partial charge on any atom is -0.341 e. The molecule has 0 N–H and O–H groups in total. The fraction of sp³-hybridized carbons (Fsp3) is 0.706. The van der Waals surface area contributed by atoms with Crippen LogP contribution in [0.2, 0.25) is 0 Å². The first kappa shape index (κ1) is 16.2. The van der Waals surface area contributed by atoms with Crippen LogP contribution < -0.4 is 4.90 Å². The normalized spacial score (nSPS) is 23.1. The fourth-order valence-electron chi connectivity index (χ4n) is 3.42. The lowest BCUT2D eigenvalue weighted by Gasteiger charge is -2.34. The molecule has 0 bridgehead atoms. The van der Waals surface area contributed by atoms with Crippen LogP contribution in [0.1, 0.15) is 37.2 Å². The second kappa shape index (κ2) is 7.25. The lowest BCUT2D eigenvalue weighted by atomic mass is 10.0. The summed E-state index contributed by atoms with van der Waals surface area (Å²) >= 11 is 0. The molecule has 2 aliphatic rings. The van der Waals surface area contributed by atoms with Gasteiger partial charge in [0.05, 0.1) is 0 Å². The van der Waals surface area contributed by atoms with Gasteiger partial charge in [-0.25, -0.2) is 9.97 Å². The molecule has 1 atom stereocenters. The molecule has 1 amide bonds. The van der Waals surface area contributed by atoms with Gasteiger partial charge in [0.2, 0.25) is 5.95 Å². The first-order valence-electron chi connectivity index (χ1n) is 8.77. The number of carbonyl (C=O) groups is 1. The molecule has 3 rings (SSSR count). The highest BCUT2D eigenvalue weighted by molar-refractivity contribution is 5.92. The Bertz CT molecular complexity index is 542. The Morgan fingerprint density at radius 2 is 2.04 bits per heavy atom. The number of piperazine rings is 1. The molecule has 0 spiro atoms. The van der Waals surface area contributed by atoms with Gasteiger partial charge in [-0.15, -0.1) is 0 Å². The zero-order valence-corrected chi connectivity index (χ0v) is 14.2. The second-order valence-corrected chi connectivity index (χ2v) is 6.66. The molecule has 126 valence electrons. The second-order valence-electron chi connectivity index (χ2n) is 6.66. The Balaban J connectivity index is 1.68. The summed E-state index contributed by atoms with van der Waals surface area (Å²) in [6.45, 7) is 10.9. The molecule has 6 heteroatoms. The Morgan fingerprint density at radius 3 is 2.74 bits per heavy atom. The van der Waals surface area contributed by atoms with Crippen LogP contribution in [-0.2, 0) is 0 Å². The first-order chi connectivity index (χ1) is 11.2. The smallest absolute Gasteiger partial charge is 0.272 e. The maximum atomic E-state index is 12.7. The summed E-state index contributed by atoms with van der Waals surface area (Å²) < 4.78 is 0. The summed E-state index contributed by atoms with van der Waals surface area (Å²) in [4.78, 5) is 28.1. The van der Waals surface area contributed by atoms with E-state index < -0.39 is 0 Å². The maximum Gasteiger partial charge on any atom is 0.272 e. The molecular weight excluding hydrogens is 290 g/mol. The third-order valence-electron chi connectivity index (χ3n) is 4.91. The van der Waals surface area contributed by atoms with Crippen LogP contribution in [-0.4, -0.2) is 71.5 Å². The van der Waals surface area contributed by atoms with Crippen LogP contribution in [0.15, 0.2) is 12.3 Å². The van der Waals surface area contributed by atoms with Gasteiger partial charge < -0.3 is 14.7 Å². The fourth-order valence-corrected chi connectivity index (χ4v) is 3.42. The number of rotatable bonds is 3. The highest BCUT2D eigenvalue weighted by Crippen LogP contribution is 2.20. The van der Waals surface area contributed by atoms with E-state index in [1.54, 1.807) is 12.3 Å². The van der Waals surface area contributed by atoms with Gasteiger partial charge in [-0.3, -0.25) is 4.79 Å². The molecule has 1 unspecified atom stereocenters. The van der Waals surface area contributed by atoms with Gasteiger partial charge in [-0.05, 0) is 31.4 Å². The van der Waals surface area contributed by atoms with E-state index in [4.69, 9.17) is 0 Å². The van der Waals surface area contributed by atoms with Crippen molar-refractivity contribution in [3.63, 3.8) is 0 Å². The van der Waals surface area contributed by atoms with Crippen LogP contribution in [0.5, 0.6) is 0 Å². The predicted molar refractivity (Wildman–Crippen MR) is 90.7 cm³/mol. The van der Waals surface area contributed by atoms with Crippen LogP contribution >= 0.6 is 0 Å². The topological polar surface area (TPSA) is 52.6 Å². The molecule has 3 heterocycles. The molecule has 23 heavy (non-hydrogen) atoms. The third kappa shape index (κ3) is 3.80. The summed E-state index contributed by atoms with van der Waals surface area (Å²) in [5.41, 5.74) is 0.526. The van der Waals surface area contributed by atoms with Gasteiger partial charge in [0.25, 0.3) is 5.91 Å². The monoisotopic (exact) mass is 317 g/mol. The van der Waals surface area contributed by atoms with E-state index in [1.807, 2.05) is 4.90 Å². The van der Waals surface area contributed by atoms with Crippen molar-refractivity contribution in [2.24, 2.45) is 5.92 Å². The molecule has 0 aromatic carbocycles. The van der Waals surface area contributed by atoms with E-state index in [0.717, 1.165) is 45.8 Å². The summed E-state index contributed by atoms with van der Waals surface area (Å²) in [6, 6.07) is 1.74. The number of aromatic nitrogens is 2. The number of anilines is 1. The van der Waals surface area contributed by atoms with Crippen molar-refractivity contribution in [3.05, 3.63) is 18.0 Å². The van der Waals surface area contributed by atoms with E-state index in [2.05, 4.69) is 33.6 Å².